The average molecular weight is 260 g/mol. The third-order valence-corrected chi connectivity index (χ3v) is 2.95. The second-order valence-electron chi connectivity index (χ2n) is 5.14. The van der Waals surface area contributed by atoms with Crippen LogP contribution < -0.4 is 5.32 Å². The Kier molecular flexibility index (Phi) is 5.61. The van der Waals surface area contributed by atoms with Crippen LogP contribution in [-0.2, 0) is 0 Å². The first-order chi connectivity index (χ1) is 8.95. The van der Waals surface area contributed by atoms with Crippen LogP contribution in [0.4, 0.5) is 10.5 Å². The molecule has 1 N–H and O–H groups in total. The molecule has 0 fully saturated rings. The van der Waals surface area contributed by atoms with Gasteiger partial charge in [-0.15, -0.1) is 0 Å². The molecule has 0 unspecified atom stereocenters. The summed E-state index contributed by atoms with van der Waals surface area (Å²) in [6.07, 6.45) is 0. The second kappa shape index (κ2) is 6.98. The lowest BCUT2D eigenvalue weighted by Crippen LogP contribution is -2.36. The van der Waals surface area contributed by atoms with E-state index in [1.54, 1.807) is 4.90 Å². The molecule has 0 saturated heterocycles. The van der Waals surface area contributed by atoms with Gasteiger partial charge in [0.2, 0.25) is 0 Å². The van der Waals surface area contributed by atoms with E-state index < -0.39 is 0 Å². The van der Waals surface area contributed by atoms with Crippen molar-refractivity contribution in [2.24, 2.45) is 0 Å². The summed E-state index contributed by atoms with van der Waals surface area (Å²) in [7, 11) is 0. The van der Waals surface area contributed by atoms with Gasteiger partial charge in [-0.3, -0.25) is 0 Å². The Bertz CT molecular complexity index is 452. The van der Waals surface area contributed by atoms with Crippen LogP contribution in [0.3, 0.4) is 0 Å². The summed E-state index contributed by atoms with van der Waals surface area (Å²) in [6, 6.07) is 7.86. The van der Waals surface area contributed by atoms with Gasteiger partial charge in [-0.05, 0) is 31.4 Å². The van der Waals surface area contributed by atoms with E-state index in [-0.39, 0.29) is 6.03 Å². The number of carbonyl (C=O) groups is 1. The Morgan fingerprint density at radius 1 is 1.37 bits per heavy atom. The third kappa shape index (κ3) is 4.43. The van der Waals surface area contributed by atoms with Crippen LogP contribution >= 0.6 is 0 Å². The Morgan fingerprint density at radius 3 is 2.53 bits per heavy atom. The normalized spacial score (nSPS) is 10.4. The number of nitrogens with one attached hydrogen (secondary N) is 1. The lowest BCUT2D eigenvalue weighted by Gasteiger charge is -2.23. The molecule has 1 aromatic carbocycles. The van der Waals surface area contributed by atoms with E-state index in [4.69, 9.17) is 0 Å². The van der Waals surface area contributed by atoms with Crippen LogP contribution in [0.1, 0.15) is 39.2 Å². The van der Waals surface area contributed by atoms with E-state index in [1.807, 2.05) is 32.0 Å². The van der Waals surface area contributed by atoms with E-state index in [2.05, 4.69) is 31.8 Å². The highest BCUT2D eigenvalue weighted by Gasteiger charge is 2.14. The second-order valence-corrected chi connectivity index (χ2v) is 5.14. The zero-order valence-corrected chi connectivity index (χ0v) is 12.4. The van der Waals surface area contributed by atoms with Gasteiger partial charge in [0.05, 0.1) is 0 Å². The number of para-hydroxylation sites is 1. The van der Waals surface area contributed by atoms with Crippen molar-refractivity contribution in [1.82, 2.24) is 4.90 Å². The summed E-state index contributed by atoms with van der Waals surface area (Å²) in [6.45, 7) is 13.3. The number of nitrogens with zero attached hydrogens (tertiary/aromatic N) is 1. The predicted octanol–water partition coefficient (Wildman–Crippen LogP) is 4.24. The van der Waals surface area contributed by atoms with Crippen LogP contribution in [0, 0.1) is 0 Å². The van der Waals surface area contributed by atoms with E-state index in [0.717, 1.165) is 16.8 Å². The van der Waals surface area contributed by atoms with Gasteiger partial charge in [0.25, 0.3) is 0 Å². The molecule has 0 atom stereocenters. The molecule has 3 nitrogen and oxygen atoms in total. The van der Waals surface area contributed by atoms with Crippen LogP contribution in [0.5, 0.6) is 0 Å². The van der Waals surface area contributed by atoms with Crippen molar-refractivity contribution in [3.63, 3.8) is 0 Å². The zero-order chi connectivity index (χ0) is 14.4. The van der Waals surface area contributed by atoms with Crippen LogP contribution in [0.15, 0.2) is 36.4 Å². The fourth-order valence-electron chi connectivity index (χ4n) is 1.96. The van der Waals surface area contributed by atoms with Gasteiger partial charge < -0.3 is 10.2 Å². The van der Waals surface area contributed by atoms with Crippen molar-refractivity contribution in [1.29, 1.82) is 0 Å². The summed E-state index contributed by atoms with van der Waals surface area (Å²) >= 11 is 0. The van der Waals surface area contributed by atoms with Gasteiger partial charge in [-0.2, -0.15) is 0 Å². The van der Waals surface area contributed by atoms with Crippen molar-refractivity contribution < 1.29 is 4.79 Å². The summed E-state index contributed by atoms with van der Waals surface area (Å²) in [5, 5.41) is 2.99. The molecule has 0 saturated carbocycles. The first kappa shape index (κ1) is 15.3. The molecule has 0 radical (unpaired) electrons. The lowest BCUT2D eigenvalue weighted by atomic mass is 10.0. The quantitative estimate of drug-likeness (QED) is 0.789. The highest BCUT2D eigenvalue weighted by atomic mass is 16.2. The third-order valence-electron chi connectivity index (χ3n) is 2.95. The van der Waals surface area contributed by atoms with Gasteiger partial charge in [0, 0.05) is 18.8 Å². The molecule has 0 aromatic heterocycles. The number of benzene rings is 1. The Labute approximate surface area is 116 Å². The first-order valence-electron chi connectivity index (χ1n) is 6.75. The van der Waals surface area contributed by atoms with Gasteiger partial charge in [0.1, 0.15) is 0 Å². The van der Waals surface area contributed by atoms with Crippen molar-refractivity contribution >= 4 is 11.7 Å². The smallest absolute Gasteiger partial charge is 0.321 e. The van der Waals surface area contributed by atoms with Gasteiger partial charge in [-0.1, -0.05) is 44.2 Å². The minimum Gasteiger partial charge on any atom is -0.321 e. The zero-order valence-electron chi connectivity index (χ0n) is 12.4. The highest BCUT2D eigenvalue weighted by molar-refractivity contribution is 5.90. The van der Waals surface area contributed by atoms with E-state index in [1.165, 1.54) is 0 Å². The first-order valence-corrected chi connectivity index (χ1v) is 6.75. The molecule has 0 spiro atoms. The predicted molar refractivity (Wildman–Crippen MR) is 81.6 cm³/mol. The molecule has 1 rings (SSSR count). The number of likely N-dealkylation sites (N-methyl/N-ethyl adjacent to an activating group) is 1. The van der Waals surface area contributed by atoms with Crippen LogP contribution in [-0.4, -0.2) is 24.0 Å². The van der Waals surface area contributed by atoms with Crippen molar-refractivity contribution in [3.8, 4) is 0 Å². The van der Waals surface area contributed by atoms with Crippen LogP contribution in [0.2, 0.25) is 0 Å². The summed E-state index contributed by atoms with van der Waals surface area (Å²) in [5.74, 6) is 0.382. The van der Waals surface area contributed by atoms with Crippen molar-refractivity contribution in [2.45, 2.75) is 33.6 Å². The Morgan fingerprint density at radius 2 is 2.00 bits per heavy atom. The average Bonchev–Trinajstić information content (AvgIpc) is 2.35. The van der Waals surface area contributed by atoms with Crippen LogP contribution in [0.25, 0.3) is 0 Å². The van der Waals surface area contributed by atoms with Gasteiger partial charge >= 0.3 is 6.03 Å². The highest BCUT2D eigenvalue weighted by Crippen LogP contribution is 2.23. The maximum absolute atomic E-state index is 12.2. The Hall–Kier alpha value is -1.77. The van der Waals surface area contributed by atoms with E-state index >= 15 is 0 Å². The molecular formula is C16H24N2O. The van der Waals surface area contributed by atoms with Gasteiger partial charge in [0.15, 0.2) is 0 Å². The number of amides is 2. The molecule has 2 amide bonds. The van der Waals surface area contributed by atoms with E-state index in [9.17, 15) is 4.79 Å². The van der Waals surface area contributed by atoms with Crippen molar-refractivity contribution in [2.75, 3.05) is 18.4 Å². The topological polar surface area (TPSA) is 32.3 Å². The Balaban J connectivity index is 2.84. The molecule has 104 valence electrons. The van der Waals surface area contributed by atoms with E-state index in [0.29, 0.717) is 19.0 Å². The molecule has 0 aliphatic rings. The summed E-state index contributed by atoms with van der Waals surface area (Å²) in [4.78, 5) is 14.0. The largest absolute Gasteiger partial charge is 0.322 e. The SMILES string of the molecule is C=C(C)CN(CC)C(=O)Nc1ccccc1C(C)C. The number of rotatable bonds is 5. The molecular weight excluding hydrogens is 236 g/mol. The van der Waals surface area contributed by atoms with Crippen molar-refractivity contribution in [3.05, 3.63) is 42.0 Å². The molecule has 0 bridgehead atoms. The monoisotopic (exact) mass is 260 g/mol. The minimum absolute atomic E-state index is 0.0707. The molecule has 19 heavy (non-hydrogen) atoms. The molecule has 1 aromatic rings. The molecule has 0 heterocycles. The number of hydrogen-bond acceptors (Lipinski definition) is 1. The minimum atomic E-state index is -0.0707. The fourth-order valence-corrected chi connectivity index (χ4v) is 1.96. The number of hydrogen-bond donors (Lipinski definition) is 1. The standard InChI is InChI=1S/C16H24N2O/c1-6-18(11-12(2)3)16(19)17-15-10-8-7-9-14(15)13(4)5/h7-10,13H,2,6,11H2,1,3-5H3,(H,17,19). The lowest BCUT2D eigenvalue weighted by molar-refractivity contribution is 0.218. The summed E-state index contributed by atoms with van der Waals surface area (Å²) < 4.78 is 0. The number of carbonyl (C=O) groups excluding carboxylic acids is 1. The number of urea groups is 1. The molecule has 0 aliphatic carbocycles. The van der Waals surface area contributed by atoms with Gasteiger partial charge in [-0.25, -0.2) is 4.79 Å². The maximum atomic E-state index is 12.2. The number of anilines is 1. The molecule has 0 aliphatic heterocycles. The fraction of sp³-hybridized carbons (Fsp3) is 0.438. The maximum Gasteiger partial charge on any atom is 0.322 e. The molecule has 3 heteroatoms. The summed E-state index contributed by atoms with van der Waals surface area (Å²) in [5.41, 5.74) is 3.03.